The number of thiophene rings is 1. The minimum atomic E-state index is -0.421. The van der Waals surface area contributed by atoms with Crippen molar-refractivity contribution in [3.63, 3.8) is 0 Å². The summed E-state index contributed by atoms with van der Waals surface area (Å²) in [6.45, 7) is 0. The molecule has 1 heterocycles. The van der Waals surface area contributed by atoms with E-state index in [1.807, 2.05) is 11.3 Å². The number of benzene rings is 9. The molecular weight excluding hydrogens is 645 g/mol. The Labute approximate surface area is 306 Å². The highest BCUT2D eigenvalue weighted by molar-refractivity contribution is 7.27. The Morgan fingerprint density at radius 2 is 0.885 bits per heavy atom. The summed E-state index contributed by atoms with van der Waals surface area (Å²) in [6.07, 6.45) is 0. The topological polar surface area (TPSA) is 0 Å². The normalized spacial score (nSPS) is 13.2. The third-order valence-corrected chi connectivity index (χ3v) is 12.5. The molecule has 0 aliphatic heterocycles. The van der Waals surface area contributed by atoms with Gasteiger partial charge in [0.1, 0.15) is 0 Å². The summed E-state index contributed by atoms with van der Waals surface area (Å²) in [5, 5.41) is 7.93. The van der Waals surface area contributed by atoms with Crippen LogP contribution in [-0.2, 0) is 5.41 Å². The fraction of sp³-hybridized carbons (Fsp3) is 0.0196. The van der Waals surface area contributed by atoms with E-state index >= 15 is 0 Å². The van der Waals surface area contributed by atoms with Crippen molar-refractivity contribution in [2.45, 2.75) is 5.41 Å². The van der Waals surface area contributed by atoms with Crippen LogP contribution in [0.2, 0.25) is 0 Å². The first kappa shape index (κ1) is 29.5. The zero-order valence-corrected chi connectivity index (χ0v) is 29.2. The lowest BCUT2D eigenvalue weighted by Crippen LogP contribution is -2.28. The number of hydrogen-bond donors (Lipinski definition) is 0. The standard InChI is InChI=1S/C51H32S/c1-4-14-33(15-5-1)36-26-29-44-48(32-36)52-50-43-28-25-34(30-45(43)39-20-10-11-22-42(39)49(44)50)35-24-27-41-40-21-12-13-23-46(40)51(47(41)31-35,37-16-6-2-7-17-37)38-18-8-3-9-19-38/h1-32H. The van der Waals surface area contributed by atoms with E-state index in [0.717, 1.165) is 0 Å². The van der Waals surface area contributed by atoms with Gasteiger partial charge in [-0.2, -0.15) is 0 Å². The van der Waals surface area contributed by atoms with Crippen LogP contribution in [0.25, 0.3) is 75.1 Å². The van der Waals surface area contributed by atoms with Gasteiger partial charge in [-0.15, -0.1) is 11.3 Å². The maximum atomic E-state index is 2.47. The Kier molecular flexibility index (Phi) is 6.44. The lowest BCUT2D eigenvalue weighted by molar-refractivity contribution is 0.769. The molecule has 0 nitrogen and oxygen atoms in total. The first-order chi connectivity index (χ1) is 25.8. The number of hydrogen-bond acceptors (Lipinski definition) is 1. The van der Waals surface area contributed by atoms with Crippen molar-refractivity contribution in [2.75, 3.05) is 0 Å². The second-order valence-electron chi connectivity index (χ2n) is 14.0. The molecule has 1 aromatic heterocycles. The summed E-state index contributed by atoms with van der Waals surface area (Å²) in [6, 6.07) is 72.1. The molecular formula is C51H32S. The number of fused-ring (bicyclic) bond motifs is 11. The predicted octanol–water partition coefficient (Wildman–Crippen LogP) is 14.1. The minimum absolute atomic E-state index is 0.421. The van der Waals surface area contributed by atoms with E-state index in [4.69, 9.17) is 0 Å². The first-order valence-electron chi connectivity index (χ1n) is 18.0. The molecule has 0 atom stereocenters. The Morgan fingerprint density at radius 3 is 1.63 bits per heavy atom. The Hall–Kier alpha value is -6.28. The summed E-state index contributed by atoms with van der Waals surface area (Å²) in [7, 11) is 0. The maximum absolute atomic E-state index is 2.47. The molecule has 0 bridgehead atoms. The zero-order chi connectivity index (χ0) is 34.2. The summed E-state index contributed by atoms with van der Waals surface area (Å²) in [4.78, 5) is 0. The average Bonchev–Trinajstić information content (AvgIpc) is 3.76. The van der Waals surface area contributed by atoms with Crippen molar-refractivity contribution < 1.29 is 0 Å². The third-order valence-electron chi connectivity index (χ3n) is 11.3. The van der Waals surface area contributed by atoms with Gasteiger partial charge < -0.3 is 0 Å². The molecule has 0 fully saturated rings. The molecule has 0 radical (unpaired) electrons. The third kappa shape index (κ3) is 4.15. The lowest BCUT2D eigenvalue weighted by atomic mass is 9.67. The molecule has 10 aromatic rings. The van der Waals surface area contributed by atoms with Crippen molar-refractivity contribution in [3.05, 3.63) is 216 Å². The summed E-state index contributed by atoms with van der Waals surface area (Å²) >= 11 is 1.92. The van der Waals surface area contributed by atoms with Crippen molar-refractivity contribution in [1.82, 2.24) is 0 Å². The SMILES string of the molecule is c1ccc(-c2ccc3c(c2)sc2c4ccc(-c5ccc6c(c5)C(c5ccccc5)(c5ccccc5)c5ccccc5-6)cc4c4ccccc4c32)cc1. The van der Waals surface area contributed by atoms with E-state index in [0.29, 0.717) is 0 Å². The van der Waals surface area contributed by atoms with E-state index < -0.39 is 5.41 Å². The van der Waals surface area contributed by atoms with Crippen LogP contribution in [0.4, 0.5) is 0 Å². The monoisotopic (exact) mass is 676 g/mol. The predicted molar refractivity (Wildman–Crippen MR) is 223 cm³/mol. The van der Waals surface area contributed by atoms with Crippen LogP contribution in [-0.4, -0.2) is 0 Å². The highest BCUT2D eigenvalue weighted by Crippen LogP contribution is 2.57. The second kappa shape index (κ2) is 11.4. The molecule has 0 N–H and O–H groups in total. The van der Waals surface area contributed by atoms with Crippen LogP contribution < -0.4 is 0 Å². The van der Waals surface area contributed by atoms with Gasteiger partial charge in [-0.05, 0) is 90.0 Å². The zero-order valence-electron chi connectivity index (χ0n) is 28.4. The fourth-order valence-electron chi connectivity index (χ4n) is 9.07. The van der Waals surface area contributed by atoms with Crippen LogP contribution in [0.15, 0.2) is 194 Å². The van der Waals surface area contributed by atoms with E-state index in [2.05, 4.69) is 194 Å². The van der Waals surface area contributed by atoms with E-state index in [-0.39, 0.29) is 0 Å². The van der Waals surface area contributed by atoms with Gasteiger partial charge in [0, 0.05) is 25.6 Å². The van der Waals surface area contributed by atoms with Crippen molar-refractivity contribution in [1.29, 1.82) is 0 Å². The summed E-state index contributed by atoms with van der Waals surface area (Å²) < 4.78 is 2.69. The molecule has 11 rings (SSSR count). The molecule has 0 amide bonds. The van der Waals surface area contributed by atoms with Crippen LogP contribution >= 0.6 is 11.3 Å². The molecule has 0 unspecified atom stereocenters. The lowest BCUT2D eigenvalue weighted by Gasteiger charge is -2.34. The molecule has 0 saturated carbocycles. The van der Waals surface area contributed by atoms with Gasteiger partial charge in [-0.3, -0.25) is 0 Å². The largest absolute Gasteiger partial charge is 0.134 e. The summed E-state index contributed by atoms with van der Waals surface area (Å²) in [5.41, 5.74) is 12.4. The van der Waals surface area contributed by atoms with Gasteiger partial charge in [0.05, 0.1) is 5.41 Å². The highest BCUT2D eigenvalue weighted by atomic mass is 32.1. The van der Waals surface area contributed by atoms with Crippen LogP contribution in [0.5, 0.6) is 0 Å². The molecule has 1 aliphatic rings. The average molecular weight is 677 g/mol. The Bertz CT molecular complexity index is 2950. The number of rotatable bonds is 4. The molecule has 9 aromatic carbocycles. The van der Waals surface area contributed by atoms with Crippen molar-refractivity contribution in [2.24, 2.45) is 0 Å². The fourth-order valence-corrected chi connectivity index (χ4v) is 10.4. The van der Waals surface area contributed by atoms with Crippen LogP contribution in [0.1, 0.15) is 22.3 Å². The summed E-state index contributed by atoms with van der Waals surface area (Å²) in [5.74, 6) is 0. The van der Waals surface area contributed by atoms with Gasteiger partial charge in [0.15, 0.2) is 0 Å². The second-order valence-corrected chi connectivity index (χ2v) is 15.0. The van der Waals surface area contributed by atoms with Gasteiger partial charge in [0.25, 0.3) is 0 Å². The smallest absolute Gasteiger partial charge is 0.0713 e. The Morgan fingerprint density at radius 1 is 0.327 bits per heavy atom. The van der Waals surface area contributed by atoms with Gasteiger partial charge in [-0.1, -0.05) is 176 Å². The van der Waals surface area contributed by atoms with Crippen LogP contribution in [0, 0.1) is 0 Å². The molecule has 1 aliphatic carbocycles. The van der Waals surface area contributed by atoms with Gasteiger partial charge >= 0.3 is 0 Å². The van der Waals surface area contributed by atoms with Crippen molar-refractivity contribution in [3.8, 4) is 33.4 Å². The highest BCUT2D eigenvalue weighted by Gasteiger charge is 2.46. The van der Waals surface area contributed by atoms with Crippen LogP contribution in [0.3, 0.4) is 0 Å². The van der Waals surface area contributed by atoms with Gasteiger partial charge in [0.2, 0.25) is 0 Å². The van der Waals surface area contributed by atoms with Crippen molar-refractivity contribution >= 4 is 53.1 Å². The Balaban J connectivity index is 1.15. The van der Waals surface area contributed by atoms with Gasteiger partial charge in [-0.25, -0.2) is 0 Å². The minimum Gasteiger partial charge on any atom is -0.134 e. The maximum Gasteiger partial charge on any atom is 0.0713 e. The first-order valence-corrected chi connectivity index (χ1v) is 18.8. The molecule has 1 heteroatoms. The molecule has 0 saturated heterocycles. The molecule has 0 spiro atoms. The van der Waals surface area contributed by atoms with E-state index in [1.54, 1.807) is 0 Å². The molecule has 242 valence electrons. The molecule has 52 heavy (non-hydrogen) atoms. The van der Waals surface area contributed by atoms with E-state index in [1.165, 1.54) is 97.4 Å². The van der Waals surface area contributed by atoms with E-state index in [9.17, 15) is 0 Å². The quantitative estimate of drug-likeness (QED) is 0.163.